The third kappa shape index (κ3) is 3.78. The fourth-order valence-corrected chi connectivity index (χ4v) is 4.61. The van der Waals surface area contributed by atoms with Gasteiger partial charge in [-0.25, -0.2) is 0 Å². The zero-order valence-electron chi connectivity index (χ0n) is 18.1. The van der Waals surface area contributed by atoms with Crippen molar-refractivity contribution in [2.45, 2.75) is 20.3 Å². The Kier molecular flexibility index (Phi) is 5.14. The van der Waals surface area contributed by atoms with Gasteiger partial charge in [0.1, 0.15) is 0 Å². The summed E-state index contributed by atoms with van der Waals surface area (Å²) in [6.45, 7) is 4.45. The molecule has 0 atom stereocenters. The normalized spacial score (nSPS) is 11.0. The summed E-state index contributed by atoms with van der Waals surface area (Å²) in [7, 11) is 0. The Morgan fingerprint density at radius 2 is 1.29 bits per heavy atom. The lowest BCUT2D eigenvalue weighted by atomic mass is 9.87. The molecule has 0 bridgehead atoms. The maximum absolute atomic E-state index is 2.38. The van der Waals surface area contributed by atoms with Gasteiger partial charge in [0, 0.05) is 0 Å². The van der Waals surface area contributed by atoms with Crippen LogP contribution < -0.4 is 0 Å². The maximum Gasteiger partial charge on any atom is -0.00195 e. The van der Waals surface area contributed by atoms with Crippen LogP contribution in [0.5, 0.6) is 0 Å². The highest BCUT2D eigenvalue weighted by Gasteiger charge is 2.13. The Hall–Kier alpha value is -3.64. The van der Waals surface area contributed by atoms with Crippen molar-refractivity contribution in [2.24, 2.45) is 0 Å². The molecule has 150 valence electrons. The molecule has 0 saturated heterocycles. The summed E-state index contributed by atoms with van der Waals surface area (Å²) in [5, 5.41) is 2.58. The van der Waals surface area contributed by atoms with Crippen LogP contribution in [-0.2, 0) is 6.42 Å². The van der Waals surface area contributed by atoms with E-state index in [1.165, 1.54) is 55.3 Å². The fourth-order valence-electron chi connectivity index (χ4n) is 4.61. The van der Waals surface area contributed by atoms with E-state index in [2.05, 4.69) is 123 Å². The lowest BCUT2D eigenvalue weighted by Crippen LogP contribution is -1.97. The topological polar surface area (TPSA) is 0 Å². The van der Waals surface area contributed by atoms with Gasteiger partial charge in [-0.15, -0.1) is 0 Å². The number of hydrogen-bond acceptors (Lipinski definition) is 0. The molecule has 5 aromatic carbocycles. The van der Waals surface area contributed by atoms with Gasteiger partial charge < -0.3 is 0 Å². The molecular formula is C31H26. The summed E-state index contributed by atoms with van der Waals surface area (Å²) in [5.74, 6) is 0. The minimum Gasteiger partial charge on any atom is -0.0622 e. The van der Waals surface area contributed by atoms with Crippen LogP contribution in [0.4, 0.5) is 0 Å². The lowest BCUT2D eigenvalue weighted by molar-refractivity contribution is 1.18. The largest absolute Gasteiger partial charge is 0.0622 e. The van der Waals surface area contributed by atoms with Crippen molar-refractivity contribution < 1.29 is 0 Å². The van der Waals surface area contributed by atoms with E-state index in [0.29, 0.717) is 0 Å². The van der Waals surface area contributed by atoms with Crippen LogP contribution >= 0.6 is 0 Å². The monoisotopic (exact) mass is 398 g/mol. The van der Waals surface area contributed by atoms with E-state index >= 15 is 0 Å². The third-order valence-electron chi connectivity index (χ3n) is 6.20. The second kappa shape index (κ2) is 8.24. The molecule has 5 rings (SSSR count). The number of aryl methyl sites for hydroxylation is 2. The molecular weight excluding hydrogens is 372 g/mol. The average molecular weight is 399 g/mol. The minimum atomic E-state index is 0.940. The Balaban J connectivity index is 1.67. The van der Waals surface area contributed by atoms with Crippen LogP contribution in [-0.4, -0.2) is 0 Å². The van der Waals surface area contributed by atoms with Gasteiger partial charge in [-0.2, -0.15) is 0 Å². The SMILES string of the molecule is Cc1ccc(-c2cccc3ccccc23)cc1-c1c(C)cccc1Cc1ccccc1. The molecule has 0 fully saturated rings. The average Bonchev–Trinajstić information content (AvgIpc) is 2.80. The highest BCUT2D eigenvalue weighted by atomic mass is 14.2. The van der Waals surface area contributed by atoms with E-state index in [1.807, 2.05) is 0 Å². The van der Waals surface area contributed by atoms with Crippen LogP contribution in [0.1, 0.15) is 22.3 Å². The van der Waals surface area contributed by atoms with Crippen molar-refractivity contribution >= 4 is 10.8 Å². The van der Waals surface area contributed by atoms with E-state index < -0.39 is 0 Å². The molecule has 0 spiro atoms. The lowest BCUT2D eigenvalue weighted by Gasteiger charge is -2.17. The Labute approximate surface area is 184 Å². The van der Waals surface area contributed by atoms with Gasteiger partial charge in [0.05, 0.1) is 0 Å². The number of fused-ring (bicyclic) bond motifs is 1. The van der Waals surface area contributed by atoms with Crippen molar-refractivity contribution in [1.29, 1.82) is 0 Å². The molecule has 0 radical (unpaired) electrons. The highest BCUT2D eigenvalue weighted by molar-refractivity contribution is 5.97. The summed E-state index contributed by atoms with van der Waals surface area (Å²) < 4.78 is 0. The van der Waals surface area contributed by atoms with Crippen molar-refractivity contribution in [2.75, 3.05) is 0 Å². The second-order valence-electron chi connectivity index (χ2n) is 8.33. The fraction of sp³-hybridized carbons (Fsp3) is 0.0968. The molecule has 0 saturated carbocycles. The van der Waals surface area contributed by atoms with Gasteiger partial charge in [0.15, 0.2) is 0 Å². The van der Waals surface area contributed by atoms with Gasteiger partial charge in [-0.3, -0.25) is 0 Å². The van der Waals surface area contributed by atoms with Gasteiger partial charge in [0.2, 0.25) is 0 Å². The summed E-state index contributed by atoms with van der Waals surface area (Å²) in [4.78, 5) is 0. The van der Waals surface area contributed by atoms with Crippen LogP contribution in [0.2, 0.25) is 0 Å². The molecule has 0 aliphatic heterocycles. The maximum atomic E-state index is 2.38. The van der Waals surface area contributed by atoms with Gasteiger partial charge >= 0.3 is 0 Å². The van der Waals surface area contributed by atoms with E-state index in [9.17, 15) is 0 Å². The van der Waals surface area contributed by atoms with Gasteiger partial charge in [-0.05, 0) is 81.6 Å². The molecule has 31 heavy (non-hydrogen) atoms. The molecule has 0 aliphatic rings. The summed E-state index contributed by atoms with van der Waals surface area (Å²) in [6.07, 6.45) is 0.940. The minimum absolute atomic E-state index is 0.940. The number of rotatable bonds is 4. The molecule has 0 heterocycles. The standard InChI is InChI=1S/C31H26/c1-22-18-19-26(29-17-9-14-25-13-6-7-16-28(25)29)21-30(22)31-23(2)10-8-15-27(31)20-24-11-4-3-5-12-24/h3-19,21H,20H2,1-2H3. The second-order valence-corrected chi connectivity index (χ2v) is 8.33. The number of hydrogen-bond donors (Lipinski definition) is 0. The Morgan fingerprint density at radius 1 is 0.548 bits per heavy atom. The van der Waals surface area contributed by atoms with Crippen LogP contribution in [0.3, 0.4) is 0 Å². The van der Waals surface area contributed by atoms with E-state index in [-0.39, 0.29) is 0 Å². The quantitative estimate of drug-likeness (QED) is 0.285. The van der Waals surface area contributed by atoms with Gasteiger partial charge in [0.25, 0.3) is 0 Å². The highest BCUT2D eigenvalue weighted by Crippen LogP contribution is 2.36. The molecule has 0 N–H and O–H groups in total. The summed E-state index contributed by atoms with van der Waals surface area (Å²) >= 11 is 0. The Bertz CT molecular complexity index is 1350. The van der Waals surface area contributed by atoms with Crippen molar-refractivity contribution in [1.82, 2.24) is 0 Å². The smallest absolute Gasteiger partial charge is 0.00195 e. The first-order valence-electron chi connectivity index (χ1n) is 10.9. The van der Waals surface area contributed by atoms with Crippen molar-refractivity contribution in [3.05, 3.63) is 131 Å². The molecule has 0 aliphatic carbocycles. The molecule has 0 amide bonds. The van der Waals surface area contributed by atoms with E-state index in [1.54, 1.807) is 0 Å². The molecule has 0 nitrogen and oxygen atoms in total. The van der Waals surface area contributed by atoms with Crippen molar-refractivity contribution in [3.8, 4) is 22.3 Å². The Morgan fingerprint density at radius 3 is 2.16 bits per heavy atom. The predicted octanol–water partition coefficient (Wildman–Crippen LogP) is 8.38. The van der Waals surface area contributed by atoms with Crippen LogP contribution in [0.25, 0.3) is 33.0 Å². The zero-order valence-corrected chi connectivity index (χ0v) is 18.1. The molecule has 0 unspecified atom stereocenters. The predicted molar refractivity (Wildman–Crippen MR) is 134 cm³/mol. The zero-order chi connectivity index (χ0) is 21.2. The van der Waals surface area contributed by atoms with E-state index in [4.69, 9.17) is 0 Å². The summed E-state index contributed by atoms with van der Waals surface area (Å²) in [6, 6.07) is 39.6. The first-order valence-corrected chi connectivity index (χ1v) is 10.9. The first kappa shape index (κ1) is 19.3. The molecule has 5 aromatic rings. The first-order chi connectivity index (χ1) is 15.2. The van der Waals surface area contributed by atoms with Gasteiger partial charge in [-0.1, -0.05) is 103 Å². The van der Waals surface area contributed by atoms with Crippen molar-refractivity contribution in [3.63, 3.8) is 0 Å². The van der Waals surface area contributed by atoms with E-state index in [0.717, 1.165) is 6.42 Å². The summed E-state index contributed by atoms with van der Waals surface area (Å²) in [5.41, 5.74) is 10.6. The third-order valence-corrected chi connectivity index (χ3v) is 6.20. The van der Waals surface area contributed by atoms with Crippen LogP contribution in [0.15, 0.2) is 109 Å². The molecule has 0 aromatic heterocycles. The van der Waals surface area contributed by atoms with Crippen LogP contribution in [0, 0.1) is 13.8 Å². The number of benzene rings is 5. The molecule has 0 heteroatoms.